The Labute approximate surface area is 112 Å². The number of carbonyl (C=O) groups excluding carboxylic acids is 1. The molecule has 1 aromatic rings. The molecular weight excluding hydrogens is 248 g/mol. The maximum absolute atomic E-state index is 12.0. The molecule has 0 aromatic carbocycles. The Balaban J connectivity index is 1.82. The van der Waals surface area contributed by atoms with Crippen LogP contribution in [0.3, 0.4) is 0 Å². The molecule has 0 bridgehead atoms. The van der Waals surface area contributed by atoms with Crippen molar-refractivity contribution in [3.8, 4) is 0 Å². The minimum Gasteiger partial charge on any atom is -0.385 e. The molecule has 0 radical (unpaired) electrons. The number of carbonyl (C=O) groups is 1. The van der Waals surface area contributed by atoms with Gasteiger partial charge in [0.15, 0.2) is 0 Å². The van der Waals surface area contributed by atoms with Crippen LogP contribution in [0, 0.1) is 12.8 Å². The van der Waals surface area contributed by atoms with Crippen molar-refractivity contribution in [1.82, 2.24) is 10.3 Å². The highest BCUT2D eigenvalue weighted by atomic mass is 32.1. The van der Waals surface area contributed by atoms with Gasteiger partial charge in [-0.2, -0.15) is 0 Å². The van der Waals surface area contributed by atoms with Crippen LogP contribution in [0.1, 0.15) is 28.4 Å². The summed E-state index contributed by atoms with van der Waals surface area (Å²) in [5.41, 5.74) is 1.21. The van der Waals surface area contributed by atoms with Crippen molar-refractivity contribution < 1.29 is 9.53 Å². The van der Waals surface area contributed by atoms with Crippen molar-refractivity contribution >= 4 is 17.2 Å². The lowest BCUT2D eigenvalue weighted by atomic mass is 9.90. The molecule has 0 saturated carbocycles. The van der Waals surface area contributed by atoms with E-state index in [0.717, 1.165) is 30.7 Å². The number of nitrogens with one attached hydrogen (secondary N) is 1. The number of hydrogen-bond donors (Lipinski definition) is 1. The summed E-state index contributed by atoms with van der Waals surface area (Å²) in [7, 11) is 1.68. The molecule has 1 amide bonds. The Hall–Kier alpha value is -0.940. The van der Waals surface area contributed by atoms with Crippen molar-refractivity contribution in [2.45, 2.75) is 32.6 Å². The number of hydrogen-bond acceptors (Lipinski definition) is 4. The average molecular weight is 268 g/mol. The second-order valence-corrected chi connectivity index (χ2v) is 5.97. The van der Waals surface area contributed by atoms with E-state index in [0.29, 0.717) is 13.2 Å². The smallest absolute Gasteiger partial charge is 0.223 e. The van der Waals surface area contributed by atoms with Gasteiger partial charge in [0.2, 0.25) is 5.91 Å². The molecule has 0 spiro atoms. The topological polar surface area (TPSA) is 51.2 Å². The number of thiazole rings is 1. The number of rotatable bonds is 5. The highest BCUT2D eigenvalue weighted by molar-refractivity contribution is 7.11. The van der Waals surface area contributed by atoms with Crippen molar-refractivity contribution in [2.24, 2.45) is 5.92 Å². The standard InChI is InChI=1S/C13H20N2O2S/c1-9-15-11-5-4-10(8-12(11)18-9)13(16)14-6-3-7-17-2/h10H,3-8H2,1-2H3,(H,14,16). The molecule has 1 aliphatic rings. The summed E-state index contributed by atoms with van der Waals surface area (Å²) in [6, 6.07) is 0. The molecule has 100 valence electrons. The van der Waals surface area contributed by atoms with Gasteiger partial charge in [0.1, 0.15) is 0 Å². The fourth-order valence-corrected chi connectivity index (χ4v) is 3.36. The van der Waals surface area contributed by atoms with E-state index in [-0.39, 0.29) is 11.8 Å². The maximum atomic E-state index is 12.0. The van der Waals surface area contributed by atoms with Crippen LogP contribution in [0.2, 0.25) is 0 Å². The van der Waals surface area contributed by atoms with E-state index in [9.17, 15) is 4.79 Å². The van der Waals surface area contributed by atoms with Gasteiger partial charge in [-0.25, -0.2) is 4.98 Å². The number of amides is 1. The summed E-state index contributed by atoms with van der Waals surface area (Å²) in [6.45, 7) is 3.43. The van der Waals surface area contributed by atoms with Crippen molar-refractivity contribution in [3.63, 3.8) is 0 Å². The van der Waals surface area contributed by atoms with Crippen LogP contribution in [0.15, 0.2) is 0 Å². The quantitative estimate of drug-likeness (QED) is 0.827. The molecule has 1 heterocycles. The molecule has 1 aliphatic carbocycles. The fourth-order valence-electron chi connectivity index (χ4n) is 2.30. The second kappa shape index (κ2) is 6.29. The van der Waals surface area contributed by atoms with Crippen LogP contribution < -0.4 is 5.32 Å². The number of methoxy groups -OCH3 is 1. The largest absolute Gasteiger partial charge is 0.385 e. The van der Waals surface area contributed by atoms with E-state index in [4.69, 9.17) is 4.74 Å². The molecule has 4 nitrogen and oxygen atoms in total. The van der Waals surface area contributed by atoms with Gasteiger partial charge >= 0.3 is 0 Å². The van der Waals surface area contributed by atoms with Gasteiger partial charge in [0, 0.05) is 31.1 Å². The predicted octanol–water partition coefficient (Wildman–Crippen LogP) is 1.71. The zero-order valence-corrected chi connectivity index (χ0v) is 11.8. The minimum absolute atomic E-state index is 0.125. The van der Waals surface area contributed by atoms with Crippen molar-refractivity contribution in [2.75, 3.05) is 20.3 Å². The molecule has 0 saturated heterocycles. The normalized spacial score (nSPS) is 18.4. The minimum atomic E-state index is 0.125. The molecule has 5 heteroatoms. The van der Waals surface area contributed by atoms with Crippen LogP contribution in [0.4, 0.5) is 0 Å². The third-order valence-electron chi connectivity index (χ3n) is 3.24. The fraction of sp³-hybridized carbons (Fsp3) is 0.692. The molecule has 0 fully saturated rings. The lowest BCUT2D eigenvalue weighted by molar-refractivity contribution is -0.125. The highest BCUT2D eigenvalue weighted by Crippen LogP contribution is 2.29. The van der Waals surface area contributed by atoms with Crippen LogP contribution >= 0.6 is 11.3 Å². The van der Waals surface area contributed by atoms with Gasteiger partial charge in [-0.3, -0.25) is 4.79 Å². The Kier molecular flexibility index (Phi) is 4.72. The predicted molar refractivity (Wildman–Crippen MR) is 71.9 cm³/mol. The lowest BCUT2D eigenvalue weighted by Crippen LogP contribution is -2.34. The van der Waals surface area contributed by atoms with Gasteiger partial charge in [0.25, 0.3) is 0 Å². The van der Waals surface area contributed by atoms with E-state index in [1.807, 2.05) is 6.92 Å². The van der Waals surface area contributed by atoms with Crippen molar-refractivity contribution in [1.29, 1.82) is 0 Å². The molecule has 0 aliphatic heterocycles. The molecule has 18 heavy (non-hydrogen) atoms. The Morgan fingerprint density at radius 2 is 2.44 bits per heavy atom. The SMILES string of the molecule is COCCCNC(=O)C1CCc2nc(C)sc2C1. The van der Waals surface area contributed by atoms with E-state index < -0.39 is 0 Å². The Bertz CT molecular complexity index is 417. The van der Waals surface area contributed by atoms with E-state index >= 15 is 0 Å². The lowest BCUT2D eigenvalue weighted by Gasteiger charge is -2.20. The van der Waals surface area contributed by atoms with Gasteiger partial charge in [0.05, 0.1) is 10.7 Å². The molecule has 1 atom stereocenters. The van der Waals surface area contributed by atoms with Crippen LogP contribution in [-0.2, 0) is 22.4 Å². The third kappa shape index (κ3) is 3.29. The summed E-state index contributed by atoms with van der Waals surface area (Å²) >= 11 is 1.73. The van der Waals surface area contributed by atoms with E-state index in [2.05, 4.69) is 10.3 Å². The number of nitrogens with zero attached hydrogens (tertiary/aromatic N) is 1. The van der Waals surface area contributed by atoms with Crippen LogP contribution in [0.5, 0.6) is 0 Å². The monoisotopic (exact) mass is 268 g/mol. The van der Waals surface area contributed by atoms with Gasteiger partial charge < -0.3 is 10.1 Å². The van der Waals surface area contributed by atoms with E-state index in [1.54, 1.807) is 18.4 Å². The summed E-state index contributed by atoms with van der Waals surface area (Å²) < 4.78 is 4.96. The Morgan fingerprint density at radius 3 is 3.22 bits per heavy atom. The van der Waals surface area contributed by atoms with Gasteiger partial charge in [-0.1, -0.05) is 0 Å². The maximum Gasteiger partial charge on any atom is 0.223 e. The van der Waals surface area contributed by atoms with Gasteiger partial charge in [-0.05, 0) is 32.6 Å². The zero-order valence-electron chi connectivity index (χ0n) is 11.0. The average Bonchev–Trinajstić information content (AvgIpc) is 2.73. The molecule has 1 N–H and O–H groups in total. The summed E-state index contributed by atoms with van der Waals surface area (Å²) in [4.78, 5) is 17.8. The number of aromatic nitrogens is 1. The number of fused-ring (bicyclic) bond motifs is 1. The molecule has 1 aromatic heterocycles. The first-order chi connectivity index (χ1) is 8.70. The number of ether oxygens (including phenoxy) is 1. The first kappa shape index (κ1) is 13.5. The summed E-state index contributed by atoms with van der Waals surface area (Å²) in [5.74, 6) is 0.308. The molecule has 2 rings (SSSR count). The first-order valence-corrected chi connectivity index (χ1v) is 7.24. The zero-order chi connectivity index (χ0) is 13.0. The third-order valence-corrected chi connectivity index (χ3v) is 4.28. The second-order valence-electron chi connectivity index (χ2n) is 4.68. The first-order valence-electron chi connectivity index (χ1n) is 6.42. The highest BCUT2D eigenvalue weighted by Gasteiger charge is 2.26. The number of aryl methyl sites for hydroxylation is 2. The summed E-state index contributed by atoms with van der Waals surface area (Å²) in [5, 5.41) is 4.10. The van der Waals surface area contributed by atoms with Gasteiger partial charge in [-0.15, -0.1) is 11.3 Å². The van der Waals surface area contributed by atoms with E-state index in [1.165, 1.54) is 10.6 Å². The summed E-state index contributed by atoms with van der Waals surface area (Å²) in [6.07, 6.45) is 3.60. The Morgan fingerprint density at radius 1 is 1.61 bits per heavy atom. The van der Waals surface area contributed by atoms with Crippen molar-refractivity contribution in [3.05, 3.63) is 15.6 Å². The molecular formula is C13H20N2O2S. The molecule has 1 unspecified atom stereocenters. The van der Waals surface area contributed by atoms with Crippen LogP contribution in [-0.4, -0.2) is 31.2 Å². The van der Waals surface area contributed by atoms with Crippen LogP contribution in [0.25, 0.3) is 0 Å².